The maximum atomic E-state index is 5.98. The number of aliphatic imine (C=N–C) groups is 1. The van der Waals surface area contributed by atoms with Crippen molar-refractivity contribution in [2.75, 3.05) is 19.0 Å². The van der Waals surface area contributed by atoms with Gasteiger partial charge in [-0.05, 0) is 48.9 Å². The van der Waals surface area contributed by atoms with Crippen LogP contribution in [0.15, 0.2) is 29.3 Å². The monoisotopic (exact) mass is 403 g/mol. The van der Waals surface area contributed by atoms with Gasteiger partial charge >= 0.3 is 0 Å². The molecule has 1 aliphatic rings. The third kappa shape index (κ3) is 5.05. The minimum Gasteiger partial charge on any atom is -0.497 e. The van der Waals surface area contributed by atoms with E-state index >= 15 is 0 Å². The van der Waals surface area contributed by atoms with Gasteiger partial charge in [0.2, 0.25) is 0 Å². The number of nitrogens with two attached hydrogens (primary N) is 1. The first-order valence-electron chi connectivity index (χ1n) is 7.38. The largest absolute Gasteiger partial charge is 0.497 e. The van der Waals surface area contributed by atoms with Gasteiger partial charge < -0.3 is 15.8 Å². The second-order valence-electron chi connectivity index (χ2n) is 5.62. The Hall–Kier alpha value is -0.980. The SMILES string of the molecule is CCC1(CN=C(N)Nc2ccc(OC)cc2)CCCC1.I. The predicted octanol–water partition coefficient (Wildman–Crippen LogP) is 4.01. The van der Waals surface area contributed by atoms with E-state index in [1.54, 1.807) is 7.11 Å². The highest BCUT2D eigenvalue weighted by Crippen LogP contribution is 2.41. The normalized spacial score (nSPS) is 17.1. The van der Waals surface area contributed by atoms with E-state index in [4.69, 9.17) is 10.5 Å². The van der Waals surface area contributed by atoms with Crippen LogP contribution in [0, 0.1) is 5.41 Å². The predicted molar refractivity (Wildman–Crippen MR) is 99.7 cm³/mol. The average Bonchev–Trinajstić information content (AvgIpc) is 2.95. The van der Waals surface area contributed by atoms with Gasteiger partial charge in [-0.3, -0.25) is 4.99 Å². The van der Waals surface area contributed by atoms with Crippen LogP contribution in [0.2, 0.25) is 0 Å². The third-order valence-electron chi connectivity index (χ3n) is 4.36. The van der Waals surface area contributed by atoms with Crippen molar-refractivity contribution < 1.29 is 4.74 Å². The highest BCUT2D eigenvalue weighted by molar-refractivity contribution is 14.0. The van der Waals surface area contributed by atoms with Crippen LogP contribution in [0.1, 0.15) is 39.0 Å². The number of methoxy groups -OCH3 is 1. The van der Waals surface area contributed by atoms with Crippen LogP contribution in [-0.2, 0) is 0 Å². The van der Waals surface area contributed by atoms with E-state index in [9.17, 15) is 0 Å². The van der Waals surface area contributed by atoms with E-state index in [0.29, 0.717) is 11.4 Å². The number of nitrogens with one attached hydrogen (secondary N) is 1. The van der Waals surface area contributed by atoms with Crippen LogP contribution in [0.3, 0.4) is 0 Å². The zero-order valence-corrected chi connectivity index (χ0v) is 15.2. The van der Waals surface area contributed by atoms with Gasteiger partial charge in [0.15, 0.2) is 5.96 Å². The lowest BCUT2D eigenvalue weighted by Crippen LogP contribution is -2.26. The van der Waals surface area contributed by atoms with Crippen LogP contribution in [0.25, 0.3) is 0 Å². The Balaban J connectivity index is 0.00000220. The van der Waals surface area contributed by atoms with Gasteiger partial charge in [0.05, 0.1) is 7.11 Å². The molecule has 1 aliphatic carbocycles. The lowest BCUT2D eigenvalue weighted by atomic mass is 9.84. The van der Waals surface area contributed by atoms with Gasteiger partial charge in [-0.15, -0.1) is 24.0 Å². The number of ether oxygens (including phenoxy) is 1. The minimum absolute atomic E-state index is 0. The van der Waals surface area contributed by atoms with Gasteiger partial charge in [0.1, 0.15) is 5.75 Å². The average molecular weight is 403 g/mol. The number of halogens is 1. The maximum absolute atomic E-state index is 5.98. The van der Waals surface area contributed by atoms with Crippen LogP contribution in [-0.4, -0.2) is 19.6 Å². The molecule has 0 amide bonds. The Morgan fingerprint density at radius 2 is 1.90 bits per heavy atom. The fraction of sp³-hybridized carbons (Fsp3) is 0.562. The molecule has 4 nitrogen and oxygen atoms in total. The molecule has 0 heterocycles. The summed E-state index contributed by atoms with van der Waals surface area (Å²) in [4.78, 5) is 4.54. The second-order valence-corrected chi connectivity index (χ2v) is 5.62. The van der Waals surface area contributed by atoms with E-state index in [-0.39, 0.29) is 24.0 Å². The summed E-state index contributed by atoms with van der Waals surface area (Å²) < 4.78 is 5.13. The maximum Gasteiger partial charge on any atom is 0.193 e. The van der Waals surface area contributed by atoms with Gasteiger partial charge in [0.25, 0.3) is 0 Å². The third-order valence-corrected chi connectivity index (χ3v) is 4.36. The van der Waals surface area contributed by atoms with Crippen LogP contribution >= 0.6 is 24.0 Å². The zero-order chi connectivity index (χ0) is 14.4. The number of nitrogens with zero attached hydrogens (tertiary/aromatic N) is 1. The summed E-state index contributed by atoms with van der Waals surface area (Å²) in [7, 11) is 1.66. The molecule has 3 N–H and O–H groups in total. The second kappa shape index (κ2) is 8.46. The first-order valence-corrected chi connectivity index (χ1v) is 7.38. The molecule has 118 valence electrons. The molecule has 1 fully saturated rings. The summed E-state index contributed by atoms with van der Waals surface area (Å²) in [5.41, 5.74) is 7.29. The van der Waals surface area contributed by atoms with E-state index in [2.05, 4.69) is 17.2 Å². The fourth-order valence-corrected chi connectivity index (χ4v) is 2.86. The Morgan fingerprint density at radius 1 is 1.29 bits per heavy atom. The molecule has 0 atom stereocenters. The summed E-state index contributed by atoms with van der Waals surface area (Å²) in [5.74, 6) is 1.33. The molecular weight excluding hydrogens is 377 g/mol. The highest BCUT2D eigenvalue weighted by Gasteiger charge is 2.31. The first kappa shape index (κ1) is 18.1. The van der Waals surface area contributed by atoms with Crippen molar-refractivity contribution in [3.8, 4) is 5.75 Å². The molecule has 2 rings (SSSR count). The van der Waals surface area contributed by atoms with Crippen LogP contribution in [0.4, 0.5) is 5.69 Å². The molecule has 0 bridgehead atoms. The molecular formula is C16H26IN3O. The lowest BCUT2D eigenvalue weighted by Gasteiger charge is -2.25. The van der Waals surface area contributed by atoms with Gasteiger partial charge in [-0.2, -0.15) is 0 Å². The molecule has 21 heavy (non-hydrogen) atoms. The van der Waals surface area contributed by atoms with E-state index in [0.717, 1.165) is 18.0 Å². The summed E-state index contributed by atoms with van der Waals surface area (Å²) in [6, 6.07) is 7.68. The Morgan fingerprint density at radius 3 is 2.43 bits per heavy atom. The lowest BCUT2D eigenvalue weighted by molar-refractivity contribution is 0.297. The number of hydrogen-bond donors (Lipinski definition) is 2. The van der Waals surface area contributed by atoms with Crippen molar-refractivity contribution in [3.63, 3.8) is 0 Å². The van der Waals surface area contributed by atoms with Gasteiger partial charge in [-0.25, -0.2) is 0 Å². The fourth-order valence-electron chi connectivity index (χ4n) is 2.86. The summed E-state index contributed by atoms with van der Waals surface area (Å²) in [6.07, 6.45) is 6.41. The first-order chi connectivity index (χ1) is 9.67. The zero-order valence-electron chi connectivity index (χ0n) is 12.9. The molecule has 0 saturated heterocycles. The van der Waals surface area contributed by atoms with Crippen LogP contribution in [0.5, 0.6) is 5.75 Å². The van der Waals surface area contributed by atoms with Crippen molar-refractivity contribution in [2.45, 2.75) is 39.0 Å². The van der Waals surface area contributed by atoms with Crippen molar-refractivity contribution in [1.82, 2.24) is 0 Å². The molecule has 0 spiro atoms. The Bertz CT molecular complexity index is 453. The molecule has 5 heteroatoms. The van der Waals surface area contributed by atoms with Crippen molar-refractivity contribution in [1.29, 1.82) is 0 Å². The molecule has 0 aromatic heterocycles. The smallest absolute Gasteiger partial charge is 0.193 e. The molecule has 1 aromatic carbocycles. The summed E-state index contributed by atoms with van der Waals surface area (Å²) in [5, 5.41) is 3.13. The topological polar surface area (TPSA) is 59.6 Å². The van der Waals surface area contributed by atoms with Crippen molar-refractivity contribution in [3.05, 3.63) is 24.3 Å². The highest BCUT2D eigenvalue weighted by atomic mass is 127. The van der Waals surface area contributed by atoms with Gasteiger partial charge in [0, 0.05) is 12.2 Å². The van der Waals surface area contributed by atoms with E-state index in [1.165, 1.54) is 32.1 Å². The number of guanidine groups is 1. The number of rotatable bonds is 5. The summed E-state index contributed by atoms with van der Waals surface area (Å²) in [6.45, 7) is 3.09. The minimum atomic E-state index is 0. The standard InChI is InChI=1S/C16H25N3O.HI/c1-3-16(10-4-5-11-16)12-18-15(17)19-13-6-8-14(20-2)9-7-13;/h6-9H,3-5,10-12H2,1-2H3,(H3,17,18,19);1H. The van der Waals surface area contributed by atoms with Gasteiger partial charge in [-0.1, -0.05) is 19.8 Å². The number of hydrogen-bond acceptors (Lipinski definition) is 2. The quantitative estimate of drug-likeness (QED) is 0.444. The van der Waals surface area contributed by atoms with E-state index in [1.807, 2.05) is 24.3 Å². The molecule has 1 saturated carbocycles. The summed E-state index contributed by atoms with van der Waals surface area (Å²) >= 11 is 0. The molecule has 1 aromatic rings. The van der Waals surface area contributed by atoms with E-state index < -0.39 is 0 Å². The van der Waals surface area contributed by atoms with Crippen molar-refractivity contribution >= 4 is 35.6 Å². The Labute approximate surface area is 144 Å². The van der Waals surface area contributed by atoms with Crippen LogP contribution < -0.4 is 15.8 Å². The number of benzene rings is 1. The molecule has 0 unspecified atom stereocenters. The molecule has 0 aliphatic heterocycles. The molecule has 0 radical (unpaired) electrons. The number of anilines is 1. The Kier molecular flexibility index (Phi) is 7.28. The van der Waals surface area contributed by atoms with Crippen molar-refractivity contribution in [2.24, 2.45) is 16.1 Å².